The number of ether oxygens (including phenoxy) is 1. The SMILES string of the molecule is CC(C)(C)OC(=O)CCc1c(Br)cc(Br)nc1-c1ccc(F)cc1Cl. The van der Waals surface area contributed by atoms with Crippen LogP contribution in [-0.4, -0.2) is 16.6 Å². The van der Waals surface area contributed by atoms with E-state index in [2.05, 4.69) is 36.8 Å². The van der Waals surface area contributed by atoms with E-state index in [9.17, 15) is 9.18 Å². The fourth-order valence-corrected chi connectivity index (χ4v) is 3.85. The summed E-state index contributed by atoms with van der Waals surface area (Å²) in [5.74, 6) is -0.711. The number of carbonyl (C=O) groups is 1. The van der Waals surface area contributed by atoms with Crippen molar-refractivity contribution in [3.05, 3.63) is 49.7 Å². The normalized spacial score (nSPS) is 11.5. The molecule has 134 valence electrons. The summed E-state index contributed by atoms with van der Waals surface area (Å²) >= 11 is 13.0. The van der Waals surface area contributed by atoms with E-state index in [4.69, 9.17) is 16.3 Å². The predicted molar refractivity (Wildman–Crippen MR) is 104 cm³/mol. The van der Waals surface area contributed by atoms with Crippen LogP contribution in [0.1, 0.15) is 32.8 Å². The van der Waals surface area contributed by atoms with Crippen molar-refractivity contribution in [2.24, 2.45) is 0 Å². The molecule has 0 aliphatic heterocycles. The molecule has 0 N–H and O–H groups in total. The van der Waals surface area contributed by atoms with Gasteiger partial charge in [0.1, 0.15) is 16.0 Å². The largest absolute Gasteiger partial charge is 0.460 e. The number of halogens is 4. The number of carbonyl (C=O) groups excluding carboxylic acids is 1. The minimum atomic E-state index is -0.532. The Morgan fingerprint density at radius 1 is 1.28 bits per heavy atom. The van der Waals surface area contributed by atoms with Crippen LogP contribution >= 0.6 is 43.5 Å². The Morgan fingerprint density at radius 2 is 1.96 bits per heavy atom. The van der Waals surface area contributed by atoms with Crippen LogP contribution < -0.4 is 0 Å². The highest BCUT2D eigenvalue weighted by atomic mass is 79.9. The number of aromatic nitrogens is 1. The molecule has 0 aliphatic rings. The molecule has 0 aliphatic carbocycles. The van der Waals surface area contributed by atoms with Crippen molar-refractivity contribution in [1.82, 2.24) is 4.98 Å². The minimum Gasteiger partial charge on any atom is -0.460 e. The molecule has 0 fully saturated rings. The smallest absolute Gasteiger partial charge is 0.306 e. The van der Waals surface area contributed by atoms with E-state index in [1.54, 1.807) is 12.1 Å². The Balaban J connectivity index is 2.36. The lowest BCUT2D eigenvalue weighted by Gasteiger charge is -2.20. The quantitative estimate of drug-likeness (QED) is 0.369. The van der Waals surface area contributed by atoms with Gasteiger partial charge < -0.3 is 4.74 Å². The van der Waals surface area contributed by atoms with Gasteiger partial charge >= 0.3 is 5.97 Å². The summed E-state index contributed by atoms with van der Waals surface area (Å²) in [6.07, 6.45) is 0.615. The predicted octanol–water partition coefficient (Wildman–Crippen LogP) is 6.34. The standard InChI is InChI=1S/C18H17Br2ClFNO2/c1-18(2,3)25-16(24)7-6-11-13(19)9-15(20)23-17(11)12-5-4-10(22)8-14(12)21/h4-5,8-9H,6-7H2,1-3H3. The van der Waals surface area contributed by atoms with Crippen molar-refractivity contribution in [2.45, 2.75) is 39.2 Å². The lowest BCUT2D eigenvalue weighted by atomic mass is 10.0. The van der Waals surface area contributed by atoms with Crippen LogP contribution in [0.2, 0.25) is 5.02 Å². The number of benzene rings is 1. The van der Waals surface area contributed by atoms with Gasteiger partial charge in [-0.05, 0) is 73.0 Å². The van der Waals surface area contributed by atoms with Crippen molar-refractivity contribution in [1.29, 1.82) is 0 Å². The summed E-state index contributed by atoms with van der Waals surface area (Å²) in [4.78, 5) is 16.5. The lowest BCUT2D eigenvalue weighted by molar-refractivity contribution is -0.154. The molecule has 25 heavy (non-hydrogen) atoms. The van der Waals surface area contributed by atoms with Crippen LogP contribution in [0.4, 0.5) is 4.39 Å². The van der Waals surface area contributed by atoms with Gasteiger partial charge in [-0.1, -0.05) is 27.5 Å². The van der Waals surface area contributed by atoms with Crippen LogP contribution in [0.3, 0.4) is 0 Å². The number of rotatable bonds is 4. The first kappa shape index (κ1) is 20.3. The fourth-order valence-electron chi connectivity index (χ4n) is 2.27. The molecule has 2 aromatic rings. The molecular formula is C18H17Br2ClFNO2. The molecule has 0 bridgehead atoms. The van der Waals surface area contributed by atoms with E-state index in [1.807, 2.05) is 20.8 Å². The van der Waals surface area contributed by atoms with Gasteiger partial charge in [0.25, 0.3) is 0 Å². The molecule has 0 radical (unpaired) electrons. The van der Waals surface area contributed by atoms with Gasteiger partial charge in [-0.3, -0.25) is 4.79 Å². The zero-order valence-electron chi connectivity index (χ0n) is 14.0. The van der Waals surface area contributed by atoms with Gasteiger partial charge in [-0.2, -0.15) is 0 Å². The first-order chi connectivity index (χ1) is 11.6. The molecule has 0 saturated carbocycles. The maximum atomic E-state index is 13.3. The third kappa shape index (κ3) is 5.76. The van der Waals surface area contributed by atoms with Gasteiger partial charge in [-0.25, -0.2) is 9.37 Å². The average molecular weight is 494 g/mol. The Labute approximate surface area is 168 Å². The molecule has 0 amide bonds. The molecule has 1 aromatic heterocycles. The van der Waals surface area contributed by atoms with E-state index in [0.717, 1.165) is 10.0 Å². The van der Waals surface area contributed by atoms with E-state index in [-0.39, 0.29) is 17.4 Å². The number of hydrogen-bond acceptors (Lipinski definition) is 3. The number of pyridine rings is 1. The van der Waals surface area contributed by atoms with Crippen LogP contribution in [0.25, 0.3) is 11.3 Å². The lowest BCUT2D eigenvalue weighted by Crippen LogP contribution is -2.24. The maximum Gasteiger partial charge on any atom is 0.306 e. The van der Waals surface area contributed by atoms with Crippen molar-refractivity contribution in [3.8, 4) is 11.3 Å². The minimum absolute atomic E-state index is 0.199. The first-order valence-electron chi connectivity index (χ1n) is 7.59. The second kappa shape index (κ2) is 8.14. The van der Waals surface area contributed by atoms with Crippen molar-refractivity contribution in [3.63, 3.8) is 0 Å². The molecule has 2 rings (SSSR count). The maximum absolute atomic E-state index is 13.3. The zero-order chi connectivity index (χ0) is 18.8. The molecule has 7 heteroatoms. The Bertz CT molecular complexity index is 806. The monoisotopic (exact) mass is 491 g/mol. The second-order valence-electron chi connectivity index (χ2n) is 6.46. The van der Waals surface area contributed by atoms with Crippen molar-refractivity contribution in [2.75, 3.05) is 0 Å². The molecule has 0 atom stereocenters. The van der Waals surface area contributed by atoms with Crippen LogP contribution in [0.5, 0.6) is 0 Å². The van der Waals surface area contributed by atoms with Crippen LogP contribution in [0.15, 0.2) is 33.3 Å². The Kier molecular flexibility index (Phi) is 6.62. The topological polar surface area (TPSA) is 39.2 Å². The van der Waals surface area contributed by atoms with Gasteiger partial charge in [0.2, 0.25) is 0 Å². The van der Waals surface area contributed by atoms with Gasteiger partial charge in [0, 0.05) is 16.5 Å². The van der Waals surface area contributed by atoms with Gasteiger partial charge in [-0.15, -0.1) is 0 Å². The summed E-state index contributed by atoms with van der Waals surface area (Å²) in [6.45, 7) is 5.48. The highest BCUT2D eigenvalue weighted by molar-refractivity contribution is 9.11. The molecule has 0 spiro atoms. The summed E-state index contributed by atoms with van der Waals surface area (Å²) in [7, 11) is 0. The summed E-state index contributed by atoms with van der Waals surface area (Å²) in [5, 5.41) is 0.260. The molecule has 0 unspecified atom stereocenters. The number of nitrogens with zero attached hydrogens (tertiary/aromatic N) is 1. The van der Waals surface area contributed by atoms with E-state index < -0.39 is 11.4 Å². The summed E-state index contributed by atoms with van der Waals surface area (Å²) in [6, 6.07) is 5.95. The molecule has 1 aromatic carbocycles. The molecule has 3 nitrogen and oxygen atoms in total. The zero-order valence-corrected chi connectivity index (χ0v) is 17.9. The summed E-state index contributed by atoms with van der Waals surface area (Å²) < 4.78 is 20.1. The fraction of sp³-hybridized carbons (Fsp3) is 0.333. The summed E-state index contributed by atoms with van der Waals surface area (Å²) in [5.41, 5.74) is 1.47. The molecule has 0 saturated heterocycles. The molecule has 1 heterocycles. The van der Waals surface area contributed by atoms with Crippen molar-refractivity contribution < 1.29 is 13.9 Å². The number of esters is 1. The van der Waals surface area contributed by atoms with Gasteiger partial charge in [0.15, 0.2) is 0 Å². The Morgan fingerprint density at radius 3 is 2.56 bits per heavy atom. The van der Waals surface area contributed by atoms with Crippen LogP contribution in [0, 0.1) is 5.82 Å². The van der Waals surface area contributed by atoms with E-state index in [0.29, 0.717) is 22.3 Å². The third-order valence-corrected chi connectivity index (χ3v) is 4.65. The van der Waals surface area contributed by atoms with Crippen LogP contribution in [-0.2, 0) is 16.0 Å². The third-order valence-electron chi connectivity index (χ3n) is 3.22. The highest BCUT2D eigenvalue weighted by Crippen LogP contribution is 2.35. The average Bonchev–Trinajstić information content (AvgIpc) is 2.43. The molecular weight excluding hydrogens is 476 g/mol. The highest BCUT2D eigenvalue weighted by Gasteiger charge is 2.19. The second-order valence-corrected chi connectivity index (χ2v) is 8.54. The van der Waals surface area contributed by atoms with E-state index >= 15 is 0 Å². The van der Waals surface area contributed by atoms with E-state index in [1.165, 1.54) is 12.1 Å². The van der Waals surface area contributed by atoms with Crippen molar-refractivity contribution >= 4 is 49.4 Å². The number of hydrogen-bond donors (Lipinski definition) is 0. The van der Waals surface area contributed by atoms with Gasteiger partial charge in [0.05, 0.1) is 10.7 Å². The first-order valence-corrected chi connectivity index (χ1v) is 9.55. The Hall–Kier alpha value is -0.980.